The van der Waals surface area contributed by atoms with Crippen molar-refractivity contribution in [1.82, 2.24) is 4.98 Å². The molecule has 1 aliphatic carbocycles. The van der Waals surface area contributed by atoms with Crippen LogP contribution in [0.5, 0.6) is 5.75 Å². The van der Waals surface area contributed by atoms with E-state index in [1.54, 1.807) is 18.6 Å². The van der Waals surface area contributed by atoms with Crippen LogP contribution >= 0.6 is 11.6 Å². The predicted octanol–water partition coefficient (Wildman–Crippen LogP) is 2.90. The smallest absolute Gasteiger partial charge is 0.133 e. The lowest BCUT2D eigenvalue weighted by atomic mass is 9.92. The van der Waals surface area contributed by atoms with Gasteiger partial charge >= 0.3 is 0 Å². The van der Waals surface area contributed by atoms with Gasteiger partial charge in [0.05, 0.1) is 24.3 Å². The molecule has 0 bridgehead atoms. The summed E-state index contributed by atoms with van der Waals surface area (Å²) in [7, 11) is 0. The van der Waals surface area contributed by atoms with Crippen molar-refractivity contribution in [1.29, 1.82) is 0 Å². The van der Waals surface area contributed by atoms with Crippen LogP contribution in [0, 0.1) is 0 Å². The van der Waals surface area contributed by atoms with Crippen LogP contribution in [-0.4, -0.2) is 22.3 Å². The molecule has 0 amide bonds. The normalized spacial score (nSPS) is 22.6. The minimum Gasteiger partial charge on any atom is -0.490 e. The first-order valence-corrected chi connectivity index (χ1v) is 6.13. The summed E-state index contributed by atoms with van der Waals surface area (Å²) in [5.41, 5.74) is 1.57. The van der Waals surface area contributed by atoms with Gasteiger partial charge in [-0.15, -0.1) is 0 Å². The Hall–Kier alpha value is -1.52. The molecule has 0 unspecified atom stereocenters. The van der Waals surface area contributed by atoms with Crippen LogP contribution in [0.15, 0.2) is 35.1 Å². The molecule has 18 heavy (non-hydrogen) atoms. The molecule has 0 atom stereocenters. The van der Waals surface area contributed by atoms with E-state index in [-0.39, 0.29) is 12.2 Å². The monoisotopic (exact) mass is 265 g/mol. The van der Waals surface area contributed by atoms with Gasteiger partial charge in [0.15, 0.2) is 0 Å². The highest BCUT2D eigenvalue weighted by Crippen LogP contribution is 2.30. The number of aliphatic hydroxyl groups is 1. The van der Waals surface area contributed by atoms with E-state index in [4.69, 9.17) is 20.8 Å². The van der Waals surface area contributed by atoms with E-state index >= 15 is 0 Å². The van der Waals surface area contributed by atoms with Gasteiger partial charge in [-0.3, -0.25) is 0 Å². The summed E-state index contributed by atoms with van der Waals surface area (Å²) >= 11 is 5.97. The Morgan fingerprint density at radius 3 is 2.89 bits per heavy atom. The number of rotatable bonds is 3. The van der Waals surface area contributed by atoms with Gasteiger partial charge < -0.3 is 14.3 Å². The molecule has 0 aliphatic heterocycles. The minimum absolute atomic E-state index is 0.0654. The summed E-state index contributed by atoms with van der Waals surface area (Å²) in [5, 5.41) is 9.60. The zero-order valence-electron chi connectivity index (χ0n) is 9.54. The highest BCUT2D eigenvalue weighted by atomic mass is 35.5. The fourth-order valence-electron chi connectivity index (χ4n) is 1.93. The van der Waals surface area contributed by atoms with Crippen LogP contribution in [0.2, 0.25) is 5.15 Å². The van der Waals surface area contributed by atoms with Crippen molar-refractivity contribution in [3.05, 3.63) is 35.9 Å². The molecule has 3 rings (SSSR count). The fraction of sp³-hybridized carbons (Fsp3) is 0.308. The van der Waals surface area contributed by atoms with Gasteiger partial charge in [0, 0.05) is 30.5 Å². The molecule has 94 valence electrons. The number of aromatic nitrogens is 1. The van der Waals surface area contributed by atoms with Crippen molar-refractivity contribution in [3.8, 4) is 17.0 Å². The Kier molecular flexibility index (Phi) is 2.97. The van der Waals surface area contributed by atoms with Gasteiger partial charge in [0.25, 0.3) is 0 Å². The molecule has 0 spiro atoms. The molecule has 2 aromatic rings. The van der Waals surface area contributed by atoms with Gasteiger partial charge in [0.1, 0.15) is 17.0 Å². The lowest BCUT2D eigenvalue weighted by Crippen LogP contribution is -2.37. The van der Waals surface area contributed by atoms with Crippen LogP contribution in [-0.2, 0) is 0 Å². The maximum atomic E-state index is 9.22. The Morgan fingerprint density at radius 1 is 1.39 bits per heavy atom. The number of hydrogen-bond donors (Lipinski definition) is 1. The molecular weight excluding hydrogens is 254 g/mol. The Bertz CT molecular complexity index is 535. The third-order valence-electron chi connectivity index (χ3n) is 2.96. The first kappa shape index (κ1) is 11.6. The quantitative estimate of drug-likeness (QED) is 0.867. The molecule has 2 aromatic heterocycles. The van der Waals surface area contributed by atoms with Crippen molar-refractivity contribution in [2.45, 2.75) is 25.0 Å². The summed E-state index contributed by atoms with van der Waals surface area (Å²) in [6, 6.07) is 5.31. The van der Waals surface area contributed by atoms with Crippen LogP contribution < -0.4 is 4.74 Å². The van der Waals surface area contributed by atoms with E-state index in [2.05, 4.69) is 4.98 Å². The highest BCUT2D eigenvalue weighted by Gasteiger charge is 2.29. The molecule has 0 radical (unpaired) electrons. The molecule has 1 N–H and O–H groups in total. The largest absolute Gasteiger partial charge is 0.490 e. The molecule has 1 aliphatic rings. The van der Waals surface area contributed by atoms with E-state index in [1.165, 1.54) is 0 Å². The first-order chi connectivity index (χ1) is 8.70. The van der Waals surface area contributed by atoms with Gasteiger partial charge in [-0.25, -0.2) is 4.98 Å². The third-order valence-corrected chi connectivity index (χ3v) is 3.15. The lowest BCUT2D eigenvalue weighted by Gasteiger charge is -2.31. The zero-order valence-corrected chi connectivity index (χ0v) is 10.3. The molecule has 1 saturated carbocycles. The predicted molar refractivity (Wildman–Crippen MR) is 66.6 cm³/mol. The topological polar surface area (TPSA) is 55.5 Å². The SMILES string of the molecule is OC1CC(Oc2cc(Cl)nc(-c3ccoc3)c2)C1. The molecule has 5 heteroatoms. The number of furan rings is 1. The van der Waals surface area contributed by atoms with Gasteiger partial charge in [-0.05, 0) is 6.07 Å². The summed E-state index contributed by atoms with van der Waals surface area (Å²) in [6.45, 7) is 0. The number of ether oxygens (including phenoxy) is 1. The van der Waals surface area contributed by atoms with Crippen molar-refractivity contribution in [3.63, 3.8) is 0 Å². The number of halogens is 1. The second kappa shape index (κ2) is 4.63. The van der Waals surface area contributed by atoms with E-state index in [9.17, 15) is 5.11 Å². The van der Waals surface area contributed by atoms with Crippen molar-refractivity contribution >= 4 is 11.6 Å². The number of aliphatic hydroxyl groups excluding tert-OH is 1. The second-order valence-corrected chi connectivity index (χ2v) is 4.78. The Labute approximate surface area is 109 Å². The number of hydrogen-bond acceptors (Lipinski definition) is 4. The summed E-state index contributed by atoms with van der Waals surface area (Å²) in [4.78, 5) is 4.22. The Morgan fingerprint density at radius 2 is 2.22 bits per heavy atom. The van der Waals surface area contributed by atoms with Crippen LogP contribution in [0.25, 0.3) is 11.3 Å². The fourth-order valence-corrected chi connectivity index (χ4v) is 2.12. The Balaban J connectivity index is 1.82. The minimum atomic E-state index is -0.236. The maximum absolute atomic E-state index is 9.22. The second-order valence-electron chi connectivity index (χ2n) is 4.39. The van der Waals surface area contributed by atoms with E-state index < -0.39 is 0 Å². The van der Waals surface area contributed by atoms with E-state index in [0.29, 0.717) is 29.4 Å². The molecule has 2 heterocycles. The standard InChI is InChI=1S/C13H12ClNO3/c14-13-6-11(18-10-3-9(16)4-10)5-12(15-13)8-1-2-17-7-8/h1-2,5-7,9-10,16H,3-4H2. The van der Waals surface area contributed by atoms with E-state index in [1.807, 2.05) is 12.1 Å². The zero-order chi connectivity index (χ0) is 12.5. The van der Waals surface area contributed by atoms with Crippen molar-refractivity contribution in [2.24, 2.45) is 0 Å². The van der Waals surface area contributed by atoms with Gasteiger partial charge in [-0.1, -0.05) is 11.6 Å². The van der Waals surface area contributed by atoms with Crippen LogP contribution in [0.3, 0.4) is 0 Å². The summed E-state index contributed by atoms with van der Waals surface area (Å²) < 4.78 is 10.7. The van der Waals surface area contributed by atoms with Crippen LogP contribution in [0.4, 0.5) is 0 Å². The van der Waals surface area contributed by atoms with Gasteiger partial charge in [0.2, 0.25) is 0 Å². The van der Waals surface area contributed by atoms with Crippen LogP contribution in [0.1, 0.15) is 12.8 Å². The van der Waals surface area contributed by atoms with Crippen molar-refractivity contribution in [2.75, 3.05) is 0 Å². The first-order valence-electron chi connectivity index (χ1n) is 5.75. The lowest BCUT2D eigenvalue weighted by molar-refractivity contribution is -0.0107. The van der Waals surface area contributed by atoms with Crippen molar-refractivity contribution < 1.29 is 14.3 Å². The maximum Gasteiger partial charge on any atom is 0.133 e. The highest BCUT2D eigenvalue weighted by molar-refractivity contribution is 6.29. The van der Waals surface area contributed by atoms with E-state index in [0.717, 1.165) is 5.56 Å². The van der Waals surface area contributed by atoms with Gasteiger partial charge in [-0.2, -0.15) is 0 Å². The molecule has 0 aromatic carbocycles. The molecule has 1 fully saturated rings. The molecule has 4 nitrogen and oxygen atoms in total. The number of pyridine rings is 1. The average Bonchev–Trinajstić information content (AvgIpc) is 2.79. The molecular formula is C13H12ClNO3. The third kappa shape index (κ3) is 2.35. The summed E-state index contributed by atoms with van der Waals surface area (Å²) in [5.74, 6) is 0.670. The number of nitrogens with zero attached hydrogens (tertiary/aromatic N) is 1. The summed E-state index contributed by atoms with van der Waals surface area (Å²) in [6.07, 6.45) is 4.36. The molecule has 0 saturated heterocycles. The average molecular weight is 266 g/mol.